The van der Waals surface area contributed by atoms with Gasteiger partial charge >= 0.3 is 0 Å². The largest absolute Gasteiger partial charge is 0.507 e. The first kappa shape index (κ1) is 24.0. The monoisotopic (exact) mass is 500 g/mol. The number of Topliss-reactive ketones (excluding diaryl/α,β-unsaturated/α-hetero) is 1. The van der Waals surface area contributed by atoms with Gasteiger partial charge in [-0.05, 0) is 76.3 Å². The van der Waals surface area contributed by atoms with Crippen molar-refractivity contribution in [2.24, 2.45) is 0 Å². The molecule has 170 valence electrons. The average Bonchev–Trinajstić information content (AvgIpc) is 2.98. The molecule has 1 amide bonds. The lowest BCUT2D eigenvalue weighted by molar-refractivity contribution is -0.140. The van der Waals surface area contributed by atoms with Crippen LogP contribution in [0.15, 0.2) is 52.5 Å². The molecular formula is C25H29BrN2O4. The summed E-state index contributed by atoms with van der Waals surface area (Å²) < 4.78 is 6.67. The SMILES string of the molecule is Cc1cc(C(O)=C2C(=O)C(=O)N(CCN(C)C)[C@@H]2c2ccc(Br)cc2)ccc1OC(C)C. The molecule has 0 aromatic heterocycles. The van der Waals surface area contributed by atoms with Crippen molar-refractivity contribution in [2.75, 3.05) is 27.2 Å². The molecule has 2 aromatic carbocycles. The smallest absolute Gasteiger partial charge is 0.295 e. The summed E-state index contributed by atoms with van der Waals surface area (Å²) in [5.74, 6) is -0.734. The number of hydrogen-bond acceptors (Lipinski definition) is 5. The molecule has 32 heavy (non-hydrogen) atoms. The van der Waals surface area contributed by atoms with Crippen molar-refractivity contribution in [2.45, 2.75) is 32.9 Å². The van der Waals surface area contributed by atoms with Gasteiger partial charge < -0.3 is 19.6 Å². The lowest BCUT2D eigenvalue weighted by atomic mass is 9.95. The highest BCUT2D eigenvalue weighted by atomic mass is 79.9. The summed E-state index contributed by atoms with van der Waals surface area (Å²) in [5.41, 5.74) is 2.19. The van der Waals surface area contributed by atoms with Crippen LogP contribution in [0.1, 0.15) is 36.6 Å². The molecule has 0 unspecified atom stereocenters. The zero-order valence-corrected chi connectivity index (χ0v) is 20.6. The number of nitrogens with zero attached hydrogens (tertiary/aromatic N) is 2. The van der Waals surface area contributed by atoms with Gasteiger partial charge in [-0.25, -0.2) is 0 Å². The fraction of sp³-hybridized carbons (Fsp3) is 0.360. The molecule has 1 saturated heterocycles. The summed E-state index contributed by atoms with van der Waals surface area (Å²) in [6, 6.07) is 12.1. The van der Waals surface area contributed by atoms with E-state index in [-0.39, 0.29) is 17.4 Å². The molecule has 3 rings (SSSR count). The van der Waals surface area contributed by atoms with Crippen LogP contribution in [0.5, 0.6) is 5.75 Å². The zero-order valence-electron chi connectivity index (χ0n) is 19.1. The number of ketones is 1. The van der Waals surface area contributed by atoms with Gasteiger partial charge in [-0.15, -0.1) is 0 Å². The predicted octanol–water partition coefficient (Wildman–Crippen LogP) is 4.53. The van der Waals surface area contributed by atoms with E-state index in [0.717, 1.165) is 15.6 Å². The summed E-state index contributed by atoms with van der Waals surface area (Å²) in [6.45, 7) is 6.74. The third-order valence-corrected chi connectivity index (χ3v) is 5.85. The Hall–Kier alpha value is -2.64. The Morgan fingerprint density at radius 3 is 2.38 bits per heavy atom. The number of rotatable bonds is 7. The Morgan fingerprint density at radius 2 is 1.81 bits per heavy atom. The third-order valence-electron chi connectivity index (χ3n) is 5.32. The second-order valence-electron chi connectivity index (χ2n) is 8.49. The van der Waals surface area contributed by atoms with Crippen molar-refractivity contribution in [3.63, 3.8) is 0 Å². The number of ether oxygens (including phenoxy) is 1. The van der Waals surface area contributed by atoms with E-state index in [1.165, 1.54) is 0 Å². The van der Waals surface area contributed by atoms with Crippen LogP contribution in [-0.4, -0.2) is 59.9 Å². The highest BCUT2D eigenvalue weighted by Gasteiger charge is 2.45. The highest BCUT2D eigenvalue weighted by Crippen LogP contribution is 2.40. The van der Waals surface area contributed by atoms with Gasteiger partial charge in [-0.1, -0.05) is 28.1 Å². The minimum Gasteiger partial charge on any atom is -0.507 e. The minimum atomic E-state index is -0.672. The van der Waals surface area contributed by atoms with Crippen LogP contribution < -0.4 is 4.74 Å². The molecule has 1 N–H and O–H groups in total. The van der Waals surface area contributed by atoms with Crippen LogP contribution in [0.25, 0.3) is 5.76 Å². The molecule has 2 aromatic rings. The van der Waals surface area contributed by atoms with E-state index in [9.17, 15) is 14.7 Å². The number of halogens is 1. The summed E-state index contributed by atoms with van der Waals surface area (Å²) in [4.78, 5) is 29.5. The van der Waals surface area contributed by atoms with Gasteiger partial charge in [0.1, 0.15) is 11.5 Å². The number of likely N-dealkylation sites (N-methyl/N-ethyl adjacent to an activating group) is 1. The predicted molar refractivity (Wildman–Crippen MR) is 129 cm³/mol. The molecular weight excluding hydrogens is 472 g/mol. The van der Waals surface area contributed by atoms with Gasteiger partial charge in [0.2, 0.25) is 0 Å². The molecule has 1 aliphatic heterocycles. The Morgan fingerprint density at radius 1 is 1.16 bits per heavy atom. The minimum absolute atomic E-state index is 0.0209. The lowest BCUT2D eigenvalue weighted by Crippen LogP contribution is -2.35. The number of amides is 1. The van der Waals surface area contributed by atoms with Gasteiger partial charge in [-0.2, -0.15) is 0 Å². The Bertz CT molecular complexity index is 1040. The molecule has 0 radical (unpaired) electrons. The van der Waals surface area contributed by atoms with Crippen LogP contribution in [0.4, 0.5) is 0 Å². The summed E-state index contributed by atoms with van der Waals surface area (Å²) >= 11 is 3.43. The van der Waals surface area contributed by atoms with Crippen LogP contribution in [0, 0.1) is 6.92 Å². The van der Waals surface area contributed by atoms with Crippen molar-refractivity contribution >= 4 is 33.4 Å². The summed E-state index contributed by atoms with van der Waals surface area (Å²) in [6.07, 6.45) is 0.0209. The van der Waals surface area contributed by atoms with E-state index < -0.39 is 17.7 Å². The summed E-state index contributed by atoms with van der Waals surface area (Å²) in [7, 11) is 3.82. The zero-order chi connectivity index (χ0) is 23.6. The van der Waals surface area contributed by atoms with Crippen LogP contribution in [0.2, 0.25) is 0 Å². The van der Waals surface area contributed by atoms with Gasteiger partial charge in [0, 0.05) is 23.1 Å². The second-order valence-corrected chi connectivity index (χ2v) is 9.41. The number of hydrogen-bond donors (Lipinski definition) is 1. The van der Waals surface area contributed by atoms with E-state index in [4.69, 9.17) is 4.74 Å². The number of likely N-dealkylation sites (tertiary alicyclic amines) is 1. The maximum atomic E-state index is 13.1. The number of benzene rings is 2. The number of aryl methyl sites for hydroxylation is 1. The topological polar surface area (TPSA) is 70.1 Å². The number of carbonyl (C=O) groups is 2. The van der Waals surface area contributed by atoms with Crippen LogP contribution in [0.3, 0.4) is 0 Å². The normalized spacial score (nSPS) is 18.1. The van der Waals surface area contributed by atoms with Crippen molar-refractivity contribution in [1.82, 2.24) is 9.80 Å². The first-order chi connectivity index (χ1) is 15.1. The molecule has 1 heterocycles. The first-order valence-corrected chi connectivity index (χ1v) is 11.4. The van der Waals surface area contributed by atoms with Crippen molar-refractivity contribution < 1.29 is 19.4 Å². The second kappa shape index (κ2) is 9.88. The molecule has 1 aliphatic rings. The summed E-state index contributed by atoms with van der Waals surface area (Å²) in [5, 5.41) is 11.2. The van der Waals surface area contributed by atoms with Gasteiger partial charge in [0.25, 0.3) is 11.7 Å². The standard InChI is InChI=1S/C25H29BrN2O4/c1-15(2)32-20-11-8-18(14-16(20)3)23(29)21-22(17-6-9-19(26)10-7-17)28(13-12-27(4)5)25(31)24(21)30/h6-11,14-15,22,29H,12-13H2,1-5H3/t22-/m1/s1. The van der Waals surface area contributed by atoms with Gasteiger partial charge in [0.15, 0.2) is 0 Å². The Labute approximate surface area is 197 Å². The van der Waals surface area contributed by atoms with E-state index in [1.54, 1.807) is 23.1 Å². The van der Waals surface area contributed by atoms with Crippen molar-refractivity contribution in [3.8, 4) is 5.75 Å². The van der Waals surface area contributed by atoms with Crippen LogP contribution in [-0.2, 0) is 9.59 Å². The molecule has 1 fully saturated rings. The third kappa shape index (κ3) is 5.05. The maximum Gasteiger partial charge on any atom is 0.295 e. The molecule has 0 aliphatic carbocycles. The van der Waals surface area contributed by atoms with E-state index >= 15 is 0 Å². The molecule has 0 bridgehead atoms. The molecule has 0 spiro atoms. The Balaban J connectivity index is 2.11. The first-order valence-electron chi connectivity index (χ1n) is 10.6. The maximum absolute atomic E-state index is 13.1. The van der Waals surface area contributed by atoms with E-state index in [2.05, 4.69) is 15.9 Å². The molecule has 0 saturated carbocycles. The number of aliphatic hydroxyl groups excluding tert-OH is 1. The van der Waals surface area contributed by atoms with Crippen molar-refractivity contribution in [3.05, 3.63) is 69.2 Å². The lowest BCUT2D eigenvalue weighted by Gasteiger charge is -2.26. The quantitative estimate of drug-likeness (QED) is 0.343. The number of aliphatic hydroxyl groups is 1. The fourth-order valence-electron chi connectivity index (χ4n) is 3.75. The van der Waals surface area contributed by atoms with Gasteiger partial charge in [0.05, 0.1) is 17.7 Å². The fourth-order valence-corrected chi connectivity index (χ4v) is 4.01. The highest BCUT2D eigenvalue weighted by molar-refractivity contribution is 9.10. The molecule has 6 nitrogen and oxygen atoms in total. The van der Waals surface area contributed by atoms with E-state index in [0.29, 0.717) is 24.4 Å². The molecule has 7 heteroatoms. The number of carbonyl (C=O) groups excluding carboxylic acids is 2. The Kier molecular flexibility index (Phi) is 7.41. The molecule has 1 atom stereocenters. The average molecular weight is 501 g/mol. The van der Waals surface area contributed by atoms with E-state index in [1.807, 2.05) is 64.0 Å². The van der Waals surface area contributed by atoms with Gasteiger partial charge in [-0.3, -0.25) is 9.59 Å². The van der Waals surface area contributed by atoms with Crippen LogP contribution >= 0.6 is 15.9 Å². The van der Waals surface area contributed by atoms with Crippen molar-refractivity contribution in [1.29, 1.82) is 0 Å².